The molecule has 0 bridgehead atoms. The van der Waals surface area contributed by atoms with Gasteiger partial charge in [0.25, 0.3) is 0 Å². The molecule has 0 fully saturated rings. The van der Waals surface area contributed by atoms with E-state index in [9.17, 15) is 73.8 Å². The molecule has 0 aliphatic heterocycles. The standard InChI is InChI=1S/C24H23Br2NO7.C24H23I2NO7.C24H27N3O7/c3*1-2-3-7-21(30)34-19-11-18-13(10-16(19)28)22(17(33-18)5-4-6-20(27)29)23(31)12-8-14(25)24(32)15(26)9-12/h2*8-11,28,32H,2-7H2,1H3,(H2,27,29);8-11,28,32H,2-7,25-26H2,1H3,(H2,27,29). The number of phenolic OH excluding ortho intramolecular Hbond substituents is 6. The molecule has 6 aromatic carbocycles. The second-order valence-corrected chi connectivity index (χ2v) is 27.4. The molecular formula is C72H73Br2I2N5O21. The second-order valence-electron chi connectivity index (χ2n) is 23.4. The van der Waals surface area contributed by atoms with Crippen molar-refractivity contribution in [2.24, 2.45) is 17.2 Å². The van der Waals surface area contributed by atoms with Gasteiger partial charge in [-0.2, -0.15) is 0 Å². The fraction of sp³-hybridized carbons (Fsp3) is 0.292. The summed E-state index contributed by atoms with van der Waals surface area (Å²) in [5, 5.41) is 62.3. The number of benzene rings is 6. The normalized spacial score (nSPS) is 11.0. The Morgan fingerprint density at radius 1 is 0.392 bits per heavy atom. The van der Waals surface area contributed by atoms with Gasteiger partial charge in [-0.05, 0) is 170 Å². The number of nitrogen functional groups attached to an aromatic ring is 2. The Kier molecular flexibility index (Phi) is 28.6. The van der Waals surface area contributed by atoms with Crippen molar-refractivity contribution in [1.29, 1.82) is 0 Å². The van der Waals surface area contributed by atoms with E-state index in [4.69, 9.17) is 56.1 Å². The summed E-state index contributed by atoms with van der Waals surface area (Å²) in [6, 6.07) is 16.6. The Morgan fingerprint density at radius 3 is 0.961 bits per heavy atom. The summed E-state index contributed by atoms with van der Waals surface area (Å²) < 4.78 is 35.2. The number of fused-ring (bicyclic) bond motifs is 3. The predicted molar refractivity (Wildman–Crippen MR) is 400 cm³/mol. The maximum absolute atomic E-state index is 13.5. The van der Waals surface area contributed by atoms with Crippen LogP contribution < -0.4 is 42.9 Å². The van der Waals surface area contributed by atoms with Crippen LogP contribution in [0.5, 0.6) is 51.7 Å². The number of hydrogen-bond donors (Lipinski definition) is 11. The van der Waals surface area contributed by atoms with E-state index in [2.05, 4.69) is 31.9 Å². The van der Waals surface area contributed by atoms with Gasteiger partial charge >= 0.3 is 17.9 Å². The molecule has 0 aliphatic carbocycles. The van der Waals surface area contributed by atoms with E-state index < -0.39 is 47.2 Å². The summed E-state index contributed by atoms with van der Waals surface area (Å²) in [4.78, 5) is 110. The number of anilines is 2. The van der Waals surface area contributed by atoms with E-state index in [1.54, 1.807) is 12.1 Å². The largest absolute Gasteiger partial charge is 0.506 e. The first-order chi connectivity index (χ1) is 48.3. The molecule has 0 aliphatic rings. The van der Waals surface area contributed by atoms with Crippen LogP contribution >= 0.6 is 77.0 Å². The van der Waals surface area contributed by atoms with Gasteiger partial charge in [0, 0.05) is 109 Å². The monoisotopic (exact) mass is 1760 g/mol. The van der Waals surface area contributed by atoms with Gasteiger partial charge in [0.15, 0.2) is 57.6 Å². The van der Waals surface area contributed by atoms with Crippen LogP contribution in [0, 0.1) is 7.14 Å². The van der Waals surface area contributed by atoms with Crippen molar-refractivity contribution in [2.45, 2.75) is 136 Å². The third kappa shape index (κ3) is 20.4. The van der Waals surface area contributed by atoms with Gasteiger partial charge in [-0.15, -0.1) is 0 Å². The minimum Gasteiger partial charge on any atom is -0.506 e. The lowest BCUT2D eigenvalue weighted by Gasteiger charge is -2.08. The van der Waals surface area contributed by atoms with Crippen LogP contribution in [0.1, 0.15) is 182 Å². The summed E-state index contributed by atoms with van der Waals surface area (Å²) in [5.74, 6) is -4.81. The number of primary amides is 3. The van der Waals surface area contributed by atoms with Crippen molar-refractivity contribution in [3.05, 3.63) is 140 Å². The quantitative estimate of drug-likeness (QED) is 0.00497. The molecule has 0 saturated carbocycles. The summed E-state index contributed by atoms with van der Waals surface area (Å²) in [6.07, 6.45) is 7.07. The smallest absolute Gasteiger partial charge is 0.311 e. The first-order valence-electron chi connectivity index (χ1n) is 32.1. The number of aromatic hydroxyl groups is 6. The third-order valence-corrected chi connectivity index (χ3v) is 18.4. The van der Waals surface area contributed by atoms with Crippen LogP contribution in [-0.4, -0.2) is 83.6 Å². The number of unbranched alkanes of at least 4 members (excludes halogenated alkanes) is 3. The number of aryl methyl sites for hydroxylation is 3. The first kappa shape index (κ1) is 79.9. The second kappa shape index (κ2) is 36.5. The van der Waals surface area contributed by atoms with Crippen LogP contribution in [0.2, 0.25) is 0 Å². The van der Waals surface area contributed by atoms with Crippen molar-refractivity contribution >= 4 is 174 Å². The lowest BCUT2D eigenvalue weighted by molar-refractivity contribution is -0.135. The number of carbonyl (C=O) groups excluding carboxylic acids is 9. The van der Waals surface area contributed by atoms with Crippen LogP contribution in [-0.2, 0) is 48.0 Å². The fourth-order valence-electron chi connectivity index (χ4n) is 10.4. The molecule has 9 rings (SSSR count). The lowest BCUT2D eigenvalue weighted by Crippen LogP contribution is -2.11. The van der Waals surface area contributed by atoms with Crippen LogP contribution in [0.4, 0.5) is 11.4 Å². The van der Waals surface area contributed by atoms with Crippen molar-refractivity contribution in [3.8, 4) is 51.7 Å². The highest BCUT2D eigenvalue weighted by atomic mass is 127. The number of carbonyl (C=O) groups is 9. The molecule has 30 heteroatoms. The number of amides is 3. The van der Waals surface area contributed by atoms with Gasteiger partial charge in [-0.3, -0.25) is 43.2 Å². The molecule has 3 aromatic heterocycles. The zero-order chi connectivity index (χ0) is 75.0. The van der Waals surface area contributed by atoms with Crippen molar-refractivity contribution in [2.75, 3.05) is 11.5 Å². The fourth-order valence-corrected chi connectivity index (χ4v) is 13.4. The molecule has 16 N–H and O–H groups in total. The van der Waals surface area contributed by atoms with E-state index in [1.807, 2.05) is 66.0 Å². The number of nitrogens with two attached hydrogens (primary N) is 5. The van der Waals surface area contributed by atoms with Gasteiger partial charge in [0.1, 0.15) is 45.5 Å². The number of phenols is 6. The van der Waals surface area contributed by atoms with E-state index in [0.29, 0.717) is 82.5 Å². The van der Waals surface area contributed by atoms with Gasteiger partial charge < -0.3 is 86.8 Å². The van der Waals surface area contributed by atoms with Crippen molar-refractivity contribution < 1.29 is 101 Å². The molecule has 3 heterocycles. The van der Waals surface area contributed by atoms with Gasteiger partial charge in [-0.25, -0.2) is 0 Å². The highest BCUT2D eigenvalue weighted by molar-refractivity contribution is 14.1. The molecule has 3 amide bonds. The summed E-state index contributed by atoms with van der Waals surface area (Å²) >= 11 is 10.3. The minimum absolute atomic E-state index is 0.0533. The summed E-state index contributed by atoms with van der Waals surface area (Å²) in [6.45, 7) is 5.84. The van der Waals surface area contributed by atoms with Gasteiger partial charge in [0.05, 0.1) is 44.2 Å². The average molecular weight is 1760 g/mol. The first-order valence-corrected chi connectivity index (χ1v) is 35.8. The van der Waals surface area contributed by atoms with E-state index in [0.717, 1.165) is 19.3 Å². The van der Waals surface area contributed by atoms with Gasteiger partial charge in [-0.1, -0.05) is 40.0 Å². The number of hydrogen-bond acceptors (Lipinski definition) is 23. The van der Waals surface area contributed by atoms with E-state index in [1.165, 1.54) is 60.7 Å². The molecule has 0 saturated heterocycles. The summed E-state index contributed by atoms with van der Waals surface area (Å²) in [7, 11) is 0. The highest BCUT2D eigenvalue weighted by Crippen LogP contribution is 2.43. The molecular weight excluding hydrogens is 1680 g/mol. The Labute approximate surface area is 627 Å². The molecule has 9 aromatic rings. The Balaban J connectivity index is 0.000000214. The number of ketones is 3. The Bertz CT molecular complexity index is 4200. The Hall–Kier alpha value is -9.41. The molecule has 0 radical (unpaired) electrons. The van der Waals surface area contributed by atoms with Crippen LogP contribution in [0.3, 0.4) is 0 Å². The number of halogens is 4. The number of esters is 3. The van der Waals surface area contributed by atoms with Gasteiger partial charge in [0.2, 0.25) is 17.7 Å². The predicted octanol–water partition coefficient (Wildman–Crippen LogP) is 13.8. The van der Waals surface area contributed by atoms with Crippen molar-refractivity contribution in [3.63, 3.8) is 0 Å². The molecule has 0 spiro atoms. The molecule has 0 unspecified atom stereocenters. The third-order valence-electron chi connectivity index (χ3n) is 15.6. The Morgan fingerprint density at radius 2 is 0.676 bits per heavy atom. The average Bonchev–Trinajstić information content (AvgIpc) is 1.61. The maximum atomic E-state index is 13.5. The van der Waals surface area contributed by atoms with Crippen molar-refractivity contribution in [1.82, 2.24) is 0 Å². The number of rotatable bonds is 30. The molecule has 540 valence electrons. The lowest BCUT2D eigenvalue weighted by atomic mass is 9.97. The SMILES string of the molecule is CCCCC(=O)Oc1cc2oc(CCCC(N)=O)c(C(=O)c3cc(Br)c(O)c(Br)c3)c2cc1O.CCCCC(=O)Oc1cc2oc(CCCC(N)=O)c(C(=O)c3cc(I)c(O)c(I)c3)c2cc1O.CCCCC(=O)Oc1cc2oc(CCCC(N)=O)c(C(=O)c3cc(N)c(O)c(N)c3)c2cc1O. The zero-order valence-electron chi connectivity index (χ0n) is 55.4. The highest BCUT2D eigenvalue weighted by Gasteiger charge is 2.30. The molecule has 26 nitrogen and oxygen atoms in total. The van der Waals surface area contributed by atoms with E-state index >= 15 is 0 Å². The maximum Gasteiger partial charge on any atom is 0.311 e. The van der Waals surface area contributed by atoms with Crippen LogP contribution in [0.25, 0.3) is 32.9 Å². The van der Waals surface area contributed by atoms with E-state index in [-0.39, 0.29) is 182 Å². The summed E-state index contributed by atoms with van der Waals surface area (Å²) in [5.41, 5.74) is 29.0. The van der Waals surface area contributed by atoms with Crippen LogP contribution in [0.15, 0.2) is 95.0 Å². The number of furan rings is 3. The topological polar surface area (TPSA) is 472 Å². The zero-order valence-corrected chi connectivity index (χ0v) is 62.8. The molecule has 102 heavy (non-hydrogen) atoms. The minimum atomic E-state index is -0.515. The molecule has 0 atom stereocenters. The number of ether oxygens (including phenoxy) is 3.